The zero-order valence-electron chi connectivity index (χ0n) is 76.8. The summed E-state index contributed by atoms with van der Waals surface area (Å²) in [5.74, 6) is 0.824. The van der Waals surface area contributed by atoms with Gasteiger partial charge in [-0.3, -0.25) is 4.57 Å². The van der Waals surface area contributed by atoms with Crippen LogP contribution >= 0.6 is 0 Å². The number of aryl methyl sites for hydroxylation is 1. The van der Waals surface area contributed by atoms with Gasteiger partial charge in [0, 0.05) is 54.0 Å². The first-order chi connectivity index (χ1) is 54.8. The number of nitrogens with zero attached hydrogens (tertiary/aromatic N) is 4. The molecule has 0 atom stereocenters. The Morgan fingerprint density at radius 2 is 1.12 bits per heavy atom. The second kappa shape index (κ2) is 24.6. The fraction of sp³-hybridized carbons (Fsp3) is 0.191. The molecule has 5 nitrogen and oxygen atoms in total. The predicted molar refractivity (Wildman–Crippen MR) is 397 cm³/mol. The molecular formula is C89H80N4OPtSi-2. The second-order valence-corrected chi connectivity index (χ2v) is 31.3. The fourth-order valence-corrected chi connectivity index (χ4v) is 17.0. The van der Waals surface area contributed by atoms with Crippen molar-refractivity contribution in [2.24, 2.45) is 0 Å². The molecule has 0 N–H and O–H groups in total. The van der Waals surface area contributed by atoms with E-state index in [1.165, 1.54) is 11.1 Å². The largest absolute Gasteiger partial charge is 0.510 e. The third kappa shape index (κ3) is 11.3. The van der Waals surface area contributed by atoms with Crippen molar-refractivity contribution in [1.29, 1.82) is 0 Å². The van der Waals surface area contributed by atoms with Gasteiger partial charge in [0.1, 0.15) is 5.82 Å². The van der Waals surface area contributed by atoms with E-state index in [1.54, 1.807) is 63.9 Å². The number of rotatable bonds is 12. The summed E-state index contributed by atoms with van der Waals surface area (Å²) >= 11 is 0. The van der Waals surface area contributed by atoms with Gasteiger partial charge in [0.05, 0.1) is 42.8 Å². The first-order valence-electron chi connectivity index (χ1n) is 42.7. The second-order valence-electron chi connectivity index (χ2n) is 27.8. The normalized spacial score (nSPS) is 17.1. The van der Waals surface area contributed by atoms with E-state index in [0.29, 0.717) is 44.7 Å². The van der Waals surface area contributed by atoms with Crippen LogP contribution in [0.3, 0.4) is 0 Å². The molecule has 14 aromatic rings. The van der Waals surface area contributed by atoms with E-state index in [-0.39, 0.29) is 60.2 Å². The van der Waals surface area contributed by atoms with Crippen molar-refractivity contribution in [3.05, 3.63) is 307 Å². The Morgan fingerprint density at radius 3 is 1.78 bits per heavy atom. The zero-order chi connectivity index (χ0) is 84.6. The van der Waals surface area contributed by atoms with Gasteiger partial charge in [0.25, 0.3) is 6.33 Å². The first-order valence-corrected chi connectivity index (χ1v) is 33.7. The van der Waals surface area contributed by atoms with Crippen molar-refractivity contribution in [3.63, 3.8) is 0 Å². The van der Waals surface area contributed by atoms with Crippen LogP contribution in [-0.4, -0.2) is 22.2 Å². The Bertz CT molecular complexity index is 6310. The minimum Gasteiger partial charge on any atom is -0.510 e. The third-order valence-electron chi connectivity index (χ3n) is 18.7. The molecular weight excluding hydrogens is 1360 g/mol. The molecule has 1 aliphatic rings. The van der Waals surface area contributed by atoms with Crippen LogP contribution in [0.25, 0.3) is 83.4 Å². The quantitative estimate of drug-likeness (QED) is 0.0529. The van der Waals surface area contributed by atoms with E-state index < -0.39 is 167 Å². The molecule has 3 heterocycles. The minimum atomic E-state index is -6.29. The number of para-hydroxylation sites is 4. The van der Waals surface area contributed by atoms with Crippen LogP contribution in [0.15, 0.2) is 261 Å². The van der Waals surface area contributed by atoms with Crippen molar-refractivity contribution < 1.29 is 60.5 Å². The Labute approximate surface area is 613 Å². The van der Waals surface area contributed by atoms with E-state index in [0.717, 1.165) is 45.8 Å². The van der Waals surface area contributed by atoms with E-state index in [4.69, 9.17) is 17.9 Å². The monoisotopic (exact) mass is 1470 g/mol. The summed E-state index contributed by atoms with van der Waals surface area (Å²) in [7, 11) is -6.29. The summed E-state index contributed by atoms with van der Waals surface area (Å²) in [5.41, 5.74) is 7.79. The molecule has 0 fully saturated rings. The van der Waals surface area contributed by atoms with Crippen LogP contribution in [0.2, 0.25) is 0 Å². The van der Waals surface area contributed by atoms with Gasteiger partial charge in [-0.25, -0.2) is 4.98 Å². The number of aromatic nitrogens is 4. The number of hydrogen-bond donors (Lipinski definition) is 0. The van der Waals surface area contributed by atoms with Crippen molar-refractivity contribution >= 4 is 61.7 Å². The molecule has 11 aromatic carbocycles. The van der Waals surface area contributed by atoms with Gasteiger partial charge < -0.3 is 13.9 Å². The zero-order valence-corrected chi connectivity index (χ0v) is 58.1. The number of fused-ring (bicyclic) bond motifs is 5. The van der Waals surface area contributed by atoms with Gasteiger partial charge >= 0.3 is 0 Å². The van der Waals surface area contributed by atoms with Gasteiger partial charge in [-0.1, -0.05) is 287 Å². The maximum atomic E-state index is 11.0. The number of hydrogen-bond acceptors (Lipinski definition) is 2. The molecule has 478 valence electrons. The topological polar surface area (TPSA) is 35.9 Å². The summed E-state index contributed by atoms with van der Waals surface area (Å²) in [5, 5.41) is -2.16. The molecule has 0 amide bonds. The van der Waals surface area contributed by atoms with E-state index in [2.05, 4.69) is 106 Å². The van der Waals surface area contributed by atoms with Gasteiger partial charge in [-0.05, 0) is 141 Å². The van der Waals surface area contributed by atoms with E-state index in [1.807, 2.05) is 77.4 Å². The molecule has 0 unspecified atom stereocenters. The van der Waals surface area contributed by atoms with E-state index >= 15 is 0 Å². The summed E-state index contributed by atoms with van der Waals surface area (Å²) < 4.78 is 222. The van der Waals surface area contributed by atoms with Crippen LogP contribution in [0.4, 0.5) is 0 Å². The van der Waals surface area contributed by atoms with Gasteiger partial charge in [-0.15, -0.1) is 29.7 Å². The molecule has 0 aliphatic heterocycles. The molecule has 0 saturated heterocycles. The van der Waals surface area contributed by atoms with Gasteiger partial charge in [0.15, 0.2) is 8.07 Å². The number of ether oxygens (including phenoxy) is 1. The first kappa shape index (κ1) is 42.9. The standard InChI is InChI=1S/C89H80N4OSi.Pt/c1-60-50-84(90-58-77(60)62-44-47-78-79(54-62)89(10,11)49-48-88(78,8)9)93-80-41-22-21-38-75(80)76-46-45-68(57-83(76)93)94-67-30-26-29-66(56-67)91-59-92(82-43-24-23-42-81(82)91)85-73(39-27-40-74(85)63-51-64(86(2,3)4)55-65(52-63)87(5,6)7)61-28-25-37-72(53-61)95(69-31-15-12-16-32-69,70-33-17-13-18-34-70)71-35-19-14-20-36-71;/h12-47,50-55,58H,48-49H2,1-11H3;/q-2;/i1D3,12D,13D,14D,15D,16D,17D,18D,19D,20D,25D,28D,31D,32D,33D,34D,35D,36D,37D,53D;. The van der Waals surface area contributed by atoms with Crippen LogP contribution < -0.4 is 30.1 Å². The molecule has 0 radical (unpaired) electrons. The van der Waals surface area contributed by atoms with Crippen molar-refractivity contribution in [1.82, 2.24) is 14.1 Å². The maximum Gasteiger partial charge on any atom is 0.268 e. The molecule has 1 aliphatic carbocycles. The SMILES string of the molecule is [2H]c1c([2H])c([2H])c([Si](c2c([2H])c([2H])c([2H])c([2H])c2[2H])(c2c([2H])c([2H])c([2H])c([2H])c2[2H])c2c([2H])c([2H])c([2H])c(-c3cccc(-c4cc(C(C)(C)C)cc(C(C)(C)C)c4)c3-[n+]3[c-]n(-c4[c-]c(Oc5[c-]c6c(cc5)c5ccccc5n6-c5cc(C([2H])([2H])[2H])c(-c6ccc7c(c6)C(C)(C)CCC7(C)C)cn5)ccc4)c4ccccc43)c2[2H])c([2H])c1[2H].[Pt]. The number of benzene rings is 11. The Kier molecular flexibility index (Phi) is 11.0. The molecule has 0 spiro atoms. The number of pyridine rings is 1. The Hall–Kier alpha value is -9.45. The minimum absolute atomic E-state index is 0. The Balaban J connectivity index is 0.0000114. The summed E-state index contributed by atoms with van der Waals surface area (Å²) in [6, 6.07) is 30.0. The van der Waals surface area contributed by atoms with E-state index in [9.17, 15) is 21.9 Å². The third-order valence-corrected chi connectivity index (χ3v) is 22.7. The fourth-order valence-electron chi connectivity index (χ4n) is 13.5. The Morgan fingerprint density at radius 1 is 0.531 bits per heavy atom. The predicted octanol–water partition coefficient (Wildman–Crippen LogP) is 19.2. The molecule has 0 bridgehead atoms. The van der Waals surface area contributed by atoms with Crippen LogP contribution in [0, 0.1) is 25.3 Å². The maximum absolute atomic E-state index is 11.0. The summed E-state index contributed by atoms with van der Waals surface area (Å²) in [6.45, 7) is 18.8. The molecule has 0 saturated carbocycles. The molecule has 96 heavy (non-hydrogen) atoms. The van der Waals surface area contributed by atoms with Crippen LogP contribution in [0.5, 0.6) is 11.5 Å². The summed E-state index contributed by atoms with van der Waals surface area (Å²) in [6.07, 6.45) is 7.23. The van der Waals surface area contributed by atoms with Crippen molar-refractivity contribution in [2.75, 3.05) is 0 Å². The van der Waals surface area contributed by atoms with Crippen molar-refractivity contribution in [2.45, 2.75) is 111 Å². The molecule has 7 heteroatoms. The summed E-state index contributed by atoms with van der Waals surface area (Å²) in [4.78, 5) is 5.05. The van der Waals surface area contributed by atoms with Gasteiger partial charge in [0.2, 0.25) is 0 Å². The average Bonchev–Trinajstić information content (AvgIpc) is 0.912. The molecule has 3 aromatic heterocycles. The van der Waals surface area contributed by atoms with Gasteiger partial charge in [-0.2, -0.15) is 18.2 Å². The number of imidazole rings is 1. The van der Waals surface area contributed by atoms with Crippen molar-refractivity contribution in [3.8, 4) is 62.1 Å². The molecule has 15 rings (SSSR count). The van der Waals surface area contributed by atoms with Crippen LogP contribution in [0.1, 0.15) is 140 Å². The average molecular weight is 1470 g/mol. The smallest absolute Gasteiger partial charge is 0.268 e. The van der Waals surface area contributed by atoms with Crippen LogP contribution in [-0.2, 0) is 42.7 Å².